The predicted molar refractivity (Wildman–Crippen MR) is 120 cm³/mol. The van der Waals surface area contributed by atoms with Gasteiger partial charge in [-0.2, -0.15) is 0 Å². The third kappa shape index (κ3) is 4.65. The number of hydrogen-bond donors (Lipinski definition) is 3. The average Bonchev–Trinajstić information content (AvgIpc) is 3.23. The zero-order valence-corrected chi connectivity index (χ0v) is 19.2. The van der Waals surface area contributed by atoms with Crippen molar-refractivity contribution in [3.63, 3.8) is 0 Å². The highest BCUT2D eigenvalue weighted by atomic mass is 32.2. The number of fused-ring (bicyclic) bond motifs is 1. The fourth-order valence-corrected chi connectivity index (χ4v) is 5.58. The number of nitrogen functional groups attached to an aromatic ring is 1. The number of nitrogens with one attached hydrogen (secondary N) is 1. The maximum Gasteiger partial charge on any atom is 0.307 e. The zero-order valence-electron chi connectivity index (χ0n) is 17.5. The highest BCUT2D eigenvalue weighted by Gasteiger charge is 2.53. The van der Waals surface area contributed by atoms with E-state index in [4.69, 9.17) is 10.8 Å². The monoisotopic (exact) mass is 501 g/mol. The molecule has 4 N–H and O–H groups in total. The largest absolute Gasteiger partial charge is 0.543 e. The van der Waals surface area contributed by atoms with Crippen LogP contribution in [-0.2, 0) is 25.7 Å². The zero-order chi connectivity index (χ0) is 24.4. The van der Waals surface area contributed by atoms with Gasteiger partial charge >= 0.3 is 5.97 Å². The first-order valence-electron chi connectivity index (χ1n) is 10.0. The van der Waals surface area contributed by atoms with Gasteiger partial charge in [0.1, 0.15) is 11.4 Å². The van der Waals surface area contributed by atoms with Gasteiger partial charge in [-0.15, -0.1) is 23.1 Å². The van der Waals surface area contributed by atoms with Crippen LogP contribution in [0.2, 0.25) is 0 Å². The molecule has 0 bridgehead atoms. The highest BCUT2D eigenvalue weighted by molar-refractivity contribution is 8.00. The Bertz CT molecular complexity index is 1230. The Balaban J connectivity index is 1.54. The Morgan fingerprint density at radius 1 is 1.32 bits per heavy atom. The molecule has 0 spiro atoms. The number of carbonyl (C=O) groups is 4. The van der Waals surface area contributed by atoms with Crippen LogP contribution in [0.1, 0.15) is 12.1 Å². The first kappa shape index (κ1) is 23.4. The molecule has 4 heterocycles. The van der Waals surface area contributed by atoms with Gasteiger partial charge in [0.25, 0.3) is 11.8 Å². The molecule has 2 aliphatic heterocycles. The Hall–Kier alpha value is -3.71. The SMILES string of the molecule is Nc1nc(C(=CCC(=O)O)C(=O)NC2C(=O)N3C(C(=O)[O-])=C(C[n+]4ccccc4)CS[C@H]23)cs1. The fourth-order valence-electron chi connectivity index (χ4n) is 3.69. The number of aliphatic carboxylic acids is 2. The number of carboxylic acid groups (broad SMARTS) is 2. The maximum atomic E-state index is 12.9. The van der Waals surface area contributed by atoms with E-state index in [1.54, 1.807) is 17.0 Å². The second-order valence-corrected chi connectivity index (χ2v) is 9.43. The van der Waals surface area contributed by atoms with Gasteiger partial charge in [-0.05, 0) is 0 Å². The van der Waals surface area contributed by atoms with Crippen LogP contribution < -0.4 is 20.7 Å². The quantitative estimate of drug-likeness (QED) is 0.233. The number of thiazole rings is 1. The van der Waals surface area contributed by atoms with Crippen molar-refractivity contribution in [3.05, 3.63) is 59.0 Å². The van der Waals surface area contributed by atoms with Gasteiger partial charge in [0.2, 0.25) is 0 Å². The van der Waals surface area contributed by atoms with Crippen molar-refractivity contribution >= 4 is 57.6 Å². The summed E-state index contributed by atoms with van der Waals surface area (Å²) in [5, 5.41) is 24.6. The molecule has 0 aliphatic carbocycles. The smallest absolute Gasteiger partial charge is 0.307 e. The second kappa shape index (κ2) is 9.65. The van der Waals surface area contributed by atoms with E-state index in [-0.39, 0.29) is 28.6 Å². The maximum absolute atomic E-state index is 12.9. The van der Waals surface area contributed by atoms with Gasteiger partial charge in [0.15, 0.2) is 24.1 Å². The van der Waals surface area contributed by atoms with Crippen molar-refractivity contribution in [1.82, 2.24) is 15.2 Å². The van der Waals surface area contributed by atoms with Crippen LogP contribution in [0.15, 0.2) is 53.3 Å². The number of aromatic nitrogens is 2. The fraction of sp³-hybridized carbons (Fsp3) is 0.238. The summed E-state index contributed by atoms with van der Waals surface area (Å²) in [5.41, 5.74) is 6.13. The summed E-state index contributed by atoms with van der Waals surface area (Å²) in [6.07, 6.45) is 4.34. The number of pyridine rings is 1. The molecule has 11 nitrogen and oxygen atoms in total. The molecule has 2 amide bonds. The van der Waals surface area contributed by atoms with Crippen LogP contribution in [0.5, 0.6) is 0 Å². The topological polar surface area (TPSA) is 170 Å². The highest BCUT2D eigenvalue weighted by Crippen LogP contribution is 2.40. The third-order valence-electron chi connectivity index (χ3n) is 5.20. The molecule has 34 heavy (non-hydrogen) atoms. The number of rotatable bonds is 8. The Kier molecular flexibility index (Phi) is 6.65. The number of carboxylic acids is 2. The normalized spacial score (nSPS) is 19.9. The molecule has 13 heteroatoms. The van der Waals surface area contributed by atoms with Crippen molar-refractivity contribution in [1.29, 1.82) is 0 Å². The minimum Gasteiger partial charge on any atom is -0.543 e. The number of nitrogens with two attached hydrogens (primary N) is 1. The number of hydrogen-bond acceptors (Lipinski definition) is 9. The van der Waals surface area contributed by atoms with Gasteiger partial charge in [-0.25, -0.2) is 9.55 Å². The second-order valence-electron chi connectivity index (χ2n) is 7.44. The summed E-state index contributed by atoms with van der Waals surface area (Å²) >= 11 is 2.41. The number of amides is 2. The predicted octanol–water partition coefficient (Wildman–Crippen LogP) is -1.02. The minimum absolute atomic E-state index is 0.0285. The van der Waals surface area contributed by atoms with Crippen LogP contribution in [-0.4, -0.2) is 55.9 Å². The molecule has 176 valence electrons. The molecule has 0 radical (unpaired) electrons. The molecule has 0 saturated carbocycles. The van der Waals surface area contributed by atoms with E-state index >= 15 is 0 Å². The van der Waals surface area contributed by atoms with Crippen molar-refractivity contribution in [3.8, 4) is 0 Å². The first-order chi connectivity index (χ1) is 16.3. The Morgan fingerprint density at radius 2 is 2.06 bits per heavy atom. The van der Waals surface area contributed by atoms with E-state index < -0.39 is 41.6 Å². The van der Waals surface area contributed by atoms with E-state index in [1.165, 1.54) is 23.2 Å². The molecule has 2 atom stereocenters. The standard InChI is InChI=1S/C21H19N5O6S2/c22-21-23-13(10-34-21)12(4-5-14(27)28)17(29)24-15-18(30)26-16(20(31)32)11(9-33-19(15)26)8-25-6-2-1-3-7-25/h1-4,6-7,10,15,19H,5,8-9H2,(H4-,22,23,24,27,28,29,31,32)/t15?,19-/m1/s1. The molecule has 1 fully saturated rings. The van der Waals surface area contributed by atoms with Crippen molar-refractivity contribution in [2.24, 2.45) is 0 Å². The number of carbonyl (C=O) groups excluding carboxylic acids is 3. The molecule has 2 aliphatic rings. The average molecular weight is 502 g/mol. The molecular formula is C21H19N5O6S2. The first-order valence-corrected chi connectivity index (χ1v) is 12.0. The number of anilines is 1. The van der Waals surface area contributed by atoms with Gasteiger partial charge < -0.3 is 26.1 Å². The van der Waals surface area contributed by atoms with Crippen LogP contribution >= 0.6 is 23.1 Å². The van der Waals surface area contributed by atoms with Gasteiger partial charge in [-0.1, -0.05) is 12.1 Å². The van der Waals surface area contributed by atoms with E-state index in [1.807, 2.05) is 18.2 Å². The van der Waals surface area contributed by atoms with E-state index in [2.05, 4.69) is 10.3 Å². The molecule has 1 saturated heterocycles. The van der Waals surface area contributed by atoms with Crippen molar-refractivity contribution in [2.45, 2.75) is 24.4 Å². The van der Waals surface area contributed by atoms with E-state index in [0.29, 0.717) is 11.3 Å². The molecule has 4 rings (SSSR count). The summed E-state index contributed by atoms with van der Waals surface area (Å²) in [5.74, 6) is -3.56. The molecule has 2 aromatic rings. The van der Waals surface area contributed by atoms with Crippen LogP contribution in [0.3, 0.4) is 0 Å². The third-order valence-corrected chi connectivity index (χ3v) is 7.21. The lowest BCUT2D eigenvalue weighted by Gasteiger charge is -2.50. The van der Waals surface area contributed by atoms with Crippen molar-refractivity contribution in [2.75, 3.05) is 11.5 Å². The molecule has 1 unspecified atom stereocenters. The van der Waals surface area contributed by atoms with E-state index in [0.717, 1.165) is 16.2 Å². The Morgan fingerprint density at radius 3 is 2.68 bits per heavy atom. The number of nitrogens with zero attached hydrogens (tertiary/aromatic N) is 3. The van der Waals surface area contributed by atoms with E-state index in [9.17, 15) is 24.3 Å². The summed E-state index contributed by atoms with van der Waals surface area (Å²) in [7, 11) is 0. The van der Waals surface area contributed by atoms with Crippen LogP contribution in [0.25, 0.3) is 5.57 Å². The molecule has 0 aromatic carbocycles. The lowest BCUT2D eigenvalue weighted by Crippen LogP contribution is -2.71. The Labute approximate surface area is 201 Å². The summed E-state index contributed by atoms with van der Waals surface area (Å²) in [6, 6.07) is 4.47. The van der Waals surface area contributed by atoms with Crippen LogP contribution in [0.4, 0.5) is 5.13 Å². The lowest BCUT2D eigenvalue weighted by molar-refractivity contribution is -0.689. The number of thioether (sulfide) groups is 1. The van der Waals surface area contributed by atoms with Crippen molar-refractivity contribution < 1.29 is 34.0 Å². The summed E-state index contributed by atoms with van der Waals surface area (Å²) in [6.45, 7) is 0.276. The summed E-state index contributed by atoms with van der Waals surface area (Å²) in [4.78, 5) is 53.9. The number of β-lactam (4-membered cyclic amide) rings is 1. The lowest BCUT2D eigenvalue weighted by atomic mass is 10.0. The van der Waals surface area contributed by atoms with Gasteiger partial charge in [0.05, 0.1) is 29.4 Å². The van der Waals surface area contributed by atoms with Gasteiger partial charge in [0, 0.05) is 28.8 Å². The summed E-state index contributed by atoms with van der Waals surface area (Å²) < 4.78 is 1.79. The van der Waals surface area contributed by atoms with Gasteiger partial charge in [-0.3, -0.25) is 19.3 Å². The molecule has 2 aromatic heterocycles. The minimum atomic E-state index is -1.46. The van der Waals surface area contributed by atoms with Crippen LogP contribution in [0, 0.1) is 0 Å². The molecular weight excluding hydrogens is 482 g/mol.